The second-order valence-corrected chi connectivity index (χ2v) is 4.24. The summed E-state index contributed by atoms with van der Waals surface area (Å²) in [5.74, 6) is -1.59. The number of methoxy groups -OCH3 is 1. The van der Waals surface area contributed by atoms with Crippen LogP contribution in [0.2, 0.25) is 0 Å². The molecule has 0 saturated heterocycles. The van der Waals surface area contributed by atoms with Crippen LogP contribution in [0.4, 0.5) is 4.39 Å². The van der Waals surface area contributed by atoms with Crippen LogP contribution in [0.3, 0.4) is 0 Å². The Morgan fingerprint density at radius 3 is 3.06 bits per heavy atom. The van der Waals surface area contributed by atoms with Crippen LogP contribution in [0.25, 0.3) is 0 Å². The summed E-state index contributed by atoms with van der Waals surface area (Å²) in [4.78, 5) is 23.6. The van der Waals surface area contributed by atoms with Gasteiger partial charge in [-0.3, -0.25) is 4.79 Å². The number of rotatable bonds is 1. The normalized spacial score (nSPS) is 28.8. The van der Waals surface area contributed by atoms with Crippen molar-refractivity contribution in [2.75, 3.05) is 7.11 Å². The van der Waals surface area contributed by atoms with Gasteiger partial charge in [0.1, 0.15) is 11.6 Å². The number of ketones is 1. The summed E-state index contributed by atoms with van der Waals surface area (Å²) in [5, 5.41) is 0. The summed E-state index contributed by atoms with van der Waals surface area (Å²) in [6.07, 6.45) is 0.300. The van der Waals surface area contributed by atoms with Gasteiger partial charge in [-0.15, -0.1) is 0 Å². The van der Waals surface area contributed by atoms with E-state index in [9.17, 15) is 14.0 Å². The molecule has 5 heteroatoms. The summed E-state index contributed by atoms with van der Waals surface area (Å²) in [7, 11) is 1.25. The summed E-state index contributed by atoms with van der Waals surface area (Å²) >= 11 is 0. The molecule has 2 aliphatic rings. The predicted molar refractivity (Wildman–Crippen MR) is 54.2 cm³/mol. The average molecular weight is 236 g/mol. The van der Waals surface area contributed by atoms with E-state index in [1.165, 1.54) is 19.2 Å². The van der Waals surface area contributed by atoms with Gasteiger partial charge in [0, 0.05) is 6.42 Å². The fourth-order valence-electron chi connectivity index (χ4n) is 2.27. The molecule has 0 unspecified atom stereocenters. The van der Waals surface area contributed by atoms with Gasteiger partial charge in [0.2, 0.25) is 5.60 Å². The van der Waals surface area contributed by atoms with Crippen molar-refractivity contribution < 1.29 is 23.5 Å². The van der Waals surface area contributed by atoms with E-state index in [2.05, 4.69) is 4.74 Å². The zero-order valence-corrected chi connectivity index (χ0v) is 9.03. The summed E-state index contributed by atoms with van der Waals surface area (Å²) < 4.78 is 23.2. The number of hydrogen-bond donors (Lipinski definition) is 0. The van der Waals surface area contributed by atoms with E-state index in [4.69, 9.17) is 4.74 Å². The number of benzene rings is 1. The van der Waals surface area contributed by atoms with Gasteiger partial charge in [-0.05, 0) is 18.2 Å². The van der Waals surface area contributed by atoms with E-state index in [1.807, 2.05) is 0 Å². The van der Waals surface area contributed by atoms with Gasteiger partial charge in [-0.2, -0.15) is 0 Å². The number of ether oxygens (including phenoxy) is 2. The van der Waals surface area contributed by atoms with Gasteiger partial charge in [-0.25, -0.2) is 9.18 Å². The second-order valence-electron chi connectivity index (χ2n) is 4.24. The Labute approximate surface area is 96.3 Å². The first-order valence-corrected chi connectivity index (χ1v) is 5.20. The minimum Gasteiger partial charge on any atom is -0.474 e. The fraction of sp³-hybridized carbons (Fsp3) is 0.333. The molecule has 1 fully saturated rings. The highest BCUT2D eigenvalue weighted by Gasteiger charge is 2.70. The molecule has 0 aromatic heterocycles. The standard InChI is InChI=1S/C12H9FO4/c1-16-11(15)12-5-8(12)10(14)7-4-6(13)2-3-9(7)17-12/h2-4,8H,5H2,1H3/t8-,12-/m0/s1. The summed E-state index contributed by atoms with van der Waals surface area (Å²) in [5.41, 5.74) is -0.969. The first-order chi connectivity index (χ1) is 8.08. The van der Waals surface area contributed by atoms with Gasteiger partial charge in [0.25, 0.3) is 0 Å². The Morgan fingerprint density at radius 1 is 1.59 bits per heavy atom. The van der Waals surface area contributed by atoms with E-state index in [0.717, 1.165) is 6.07 Å². The molecule has 4 nitrogen and oxygen atoms in total. The molecule has 1 aromatic carbocycles. The molecule has 0 amide bonds. The van der Waals surface area contributed by atoms with Gasteiger partial charge in [0.05, 0.1) is 18.6 Å². The summed E-state index contributed by atoms with van der Waals surface area (Å²) in [6, 6.07) is 3.69. The number of Topliss-reactive ketones (excluding diaryl/α,β-unsaturated/α-hetero) is 1. The number of halogens is 1. The van der Waals surface area contributed by atoms with Crippen molar-refractivity contribution >= 4 is 11.8 Å². The molecule has 0 N–H and O–H groups in total. The molecule has 88 valence electrons. The Hall–Kier alpha value is -1.91. The van der Waals surface area contributed by atoms with Crippen LogP contribution < -0.4 is 4.74 Å². The van der Waals surface area contributed by atoms with Crippen molar-refractivity contribution in [1.82, 2.24) is 0 Å². The molecule has 0 bridgehead atoms. The molecule has 1 aliphatic carbocycles. The van der Waals surface area contributed by atoms with Crippen molar-refractivity contribution in [3.63, 3.8) is 0 Å². The monoisotopic (exact) mass is 236 g/mol. The largest absolute Gasteiger partial charge is 0.474 e. The van der Waals surface area contributed by atoms with E-state index < -0.39 is 23.3 Å². The first kappa shape index (κ1) is 10.3. The maximum absolute atomic E-state index is 13.0. The third-order valence-corrected chi connectivity index (χ3v) is 3.26. The molecule has 0 radical (unpaired) electrons. The Bertz CT molecular complexity index is 539. The van der Waals surface area contributed by atoms with Gasteiger partial charge < -0.3 is 9.47 Å². The SMILES string of the molecule is COC(=O)[C@]12C[C@H]1C(=O)c1cc(F)ccc1O2. The molecule has 1 saturated carbocycles. The molecule has 2 atom stereocenters. The number of fused-ring (bicyclic) bond motifs is 2. The van der Waals surface area contributed by atoms with E-state index in [0.29, 0.717) is 6.42 Å². The van der Waals surface area contributed by atoms with Gasteiger partial charge >= 0.3 is 5.97 Å². The lowest BCUT2D eigenvalue weighted by molar-refractivity contribution is -0.151. The van der Waals surface area contributed by atoms with Gasteiger partial charge in [-0.1, -0.05) is 0 Å². The van der Waals surface area contributed by atoms with E-state index >= 15 is 0 Å². The molecular formula is C12H9FO4. The molecule has 17 heavy (non-hydrogen) atoms. The van der Waals surface area contributed by atoms with E-state index in [1.54, 1.807) is 0 Å². The van der Waals surface area contributed by atoms with Crippen LogP contribution in [-0.4, -0.2) is 24.5 Å². The highest BCUT2D eigenvalue weighted by atomic mass is 19.1. The van der Waals surface area contributed by atoms with Crippen molar-refractivity contribution in [2.45, 2.75) is 12.0 Å². The topological polar surface area (TPSA) is 52.6 Å². The Morgan fingerprint density at radius 2 is 2.35 bits per heavy atom. The van der Waals surface area contributed by atoms with Crippen LogP contribution in [0.15, 0.2) is 18.2 Å². The third-order valence-electron chi connectivity index (χ3n) is 3.26. The number of carbonyl (C=O) groups excluding carboxylic acids is 2. The van der Waals surface area contributed by atoms with Crippen LogP contribution in [0.1, 0.15) is 16.8 Å². The van der Waals surface area contributed by atoms with Crippen molar-refractivity contribution in [3.05, 3.63) is 29.6 Å². The van der Waals surface area contributed by atoms with Crippen molar-refractivity contribution in [1.29, 1.82) is 0 Å². The third kappa shape index (κ3) is 1.22. The zero-order valence-electron chi connectivity index (χ0n) is 9.03. The molecule has 0 spiro atoms. The van der Waals surface area contributed by atoms with Crippen LogP contribution >= 0.6 is 0 Å². The number of hydrogen-bond acceptors (Lipinski definition) is 4. The van der Waals surface area contributed by atoms with Gasteiger partial charge in [0.15, 0.2) is 5.78 Å². The van der Waals surface area contributed by atoms with Crippen LogP contribution in [-0.2, 0) is 9.53 Å². The highest BCUT2D eigenvalue weighted by molar-refractivity contribution is 6.09. The summed E-state index contributed by atoms with van der Waals surface area (Å²) in [6.45, 7) is 0. The molecule has 3 rings (SSSR count). The van der Waals surface area contributed by atoms with E-state index in [-0.39, 0.29) is 17.1 Å². The highest BCUT2D eigenvalue weighted by Crippen LogP contribution is 2.54. The molecule has 1 heterocycles. The predicted octanol–water partition coefficient (Wildman–Crippen LogP) is 1.33. The zero-order chi connectivity index (χ0) is 12.2. The second kappa shape index (κ2) is 3.06. The van der Waals surface area contributed by atoms with Crippen molar-refractivity contribution in [3.8, 4) is 5.75 Å². The number of carbonyl (C=O) groups is 2. The maximum atomic E-state index is 13.0. The molecule has 1 aliphatic heterocycles. The Balaban J connectivity index is 2.06. The first-order valence-electron chi connectivity index (χ1n) is 5.20. The van der Waals surface area contributed by atoms with Crippen molar-refractivity contribution in [2.24, 2.45) is 5.92 Å². The quantitative estimate of drug-likeness (QED) is 0.690. The smallest absolute Gasteiger partial charge is 0.351 e. The van der Waals surface area contributed by atoms with Crippen LogP contribution in [0, 0.1) is 11.7 Å². The lowest BCUT2D eigenvalue weighted by atomic mass is 10.0. The average Bonchev–Trinajstić information content (AvgIpc) is 3.06. The Kier molecular flexibility index (Phi) is 1.85. The van der Waals surface area contributed by atoms with Crippen LogP contribution in [0.5, 0.6) is 5.75 Å². The maximum Gasteiger partial charge on any atom is 0.351 e. The fourth-order valence-corrected chi connectivity index (χ4v) is 2.27. The molecule has 1 aromatic rings. The number of esters is 1. The minimum atomic E-state index is -1.17. The minimum absolute atomic E-state index is 0.201. The lowest BCUT2D eigenvalue weighted by Crippen LogP contribution is -2.38. The lowest BCUT2D eigenvalue weighted by Gasteiger charge is -2.23. The molecular weight excluding hydrogens is 227 g/mol.